The van der Waals surface area contributed by atoms with Crippen LogP contribution in [0, 0.1) is 6.92 Å². The van der Waals surface area contributed by atoms with Crippen molar-refractivity contribution >= 4 is 11.0 Å². The molecule has 0 bridgehead atoms. The molecule has 2 aromatic rings. The summed E-state index contributed by atoms with van der Waals surface area (Å²) >= 11 is 0. The molecule has 1 heterocycles. The lowest BCUT2D eigenvalue weighted by atomic mass is 9.83. The molecule has 2 heteroatoms. The molecule has 0 spiro atoms. The molecule has 0 aliphatic heterocycles. The molecule has 0 unspecified atom stereocenters. The average molecular weight is 257 g/mol. The molecule has 1 fully saturated rings. The van der Waals surface area contributed by atoms with Crippen LogP contribution in [0.1, 0.15) is 50.4 Å². The van der Waals surface area contributed by atoms with Gasteiger partial charge in [0.2, 0.25) is 0 Å². The predicted molar refractivity (Wildman–Crippen MR) is 79.3 cm³/mol. The van der Waals surface area contributed by atoms with Crippen LogP contribution < -0.4 is 5.32 Å². The van der Waals surface area contributed by atoms with Crippen molar-refractivity contribution in [3.8, 4) is 0 Å². The maximum absolute atomic E-state index is 5.83. The Morgan fingerprint density at radius 1 is 1.16 bits per heavy atom. The summed E-state index contributed by atoms with van der Waals surface area (Å²) in [6, 6.07) is 8.33. The van der Waals surface area contributed by atoms with Crippen molar-refractivity contribution in [2.75, 3.05) is 0 Å². The molecule has 1 aliphatic rings. The molecule has 3 rings (SSSR count). The summed E-state index contributed by atoms with van der Waals surface area (Å²) in [7, 11) is 0. The van der Waals surface area contributed by atoms with Crippen LogP contribution in [-0.4, -0.2) is 5.54 Å². The molecular formula is C17H23NO. The highest BCUT2D eigenvalue weighted by Crippen LogP contribution is 2.30. The normalized spacial score (nSPS) is 18.8. The van der Waals surface area contributed by atoms with Gasteiger partial charge in [-0.15, -0.1) is 0 Å². The maximum atomic E-state index is 5.83. The molecule has 1 aliphatic carbocycles. The second-order valence-electron chi connectivity index (χ2n) is 6.11. The monoisotopic (exact) mass is 257 g/mol. The van der Waals surface area contributed by atoms with Crippen LogP contribution >= 0.6 is 0 Å². The van der Waals surface area contributed by atoms with Crippen molar-refractivity contribution < 1.29 is 4.42 Å². The maximum Gasteiger partial charge on any atom is 0.134 e. The quantitative estimate of drug-likeness (QED) is 0.872. The molecule has 1 aromatic heterocycles. The van der Waals surface area contributed by atoms with Gasteiger partial charge in [0, 0.05) is 23.0 Å². The first-order chi connectivity index (χ1) is 9.18. The Morgan fingerprint density at radius 2 is 1.89 bits per heavy atom. The van der Waals surface area contributed by atoms with Gasteiger partial charge in [-0.3, -0.25) is 0 Å². The number of aryl methyl sites for hydroxylation is 1. The van der Waals surface area contributed by atoms with Crippen LogP contribution in [0.2, 0.25) is 0 Å². The topological polar surface area (TPSA) is 25.2 Å². The fourth-order valence-electron chi connectivity index (χ4n) is 3.25. The third-order valence-electron chi connectivity index (χ3n) is 4.55. The van der Waals surface area contributed by atoms with E-state index in [2.05, 4.69) is 31.3 Å². The van der Waals surface area contributed by atoms with Crippen LogP contribution in [0.3, 0.4) is 0 Å². The van der Waals surface area contributed by atoms with E-state index in [-0.39, 0.29) is 0 Å². The number of hydrogen-bond donors (Lipinski definition) is 1. The Balaban J connectivity index is 1.79. The third-order valence-corrected chi connectivity index (χ3v) is 4.55. The van der Waals surface area contributed by atoms with E-state index in [0.717, 1.165) is 17.9 Å². The van der Waals surface area contributed by atoms with E-state index in [9.17, 15) is 0 Å². The molecular weight excluding hydrogens is 234 g/mol. The third kappa shape index (κ3) is 2.55. The van der Waals surface area contributed by atoms with Crippen molar-refractivity contribution in [3.63, 3.8) is 0 Å². The van der Waals surface area contributed by atoms with Crippen molar-refractivity contribution in [1.82, 2.24) is 5.32 Å². The Labute approximate surface area is 115 Å². The zero-order valence-electron chi connectivity index (χ0n) is 12.0. The minimum atomic E-state index is 0.309. The molecule has 1 saturated carbocycles. The van der Waals surface area contributed by atoms with Crippen LogP contribution in [0.4, 0.5) is 0 Å². The summed E-state index contributed by atoms with van der Waals surface area (Å²) in [5, 5.41) is 5.03. The van der Waals surface area contributed by atoms with Gasteiger partial charge in [-0.25, -0.2) is 0 Å². The van der Waals surface area contributed by atoms with Crippen molar-refractivity contribution in [2.45, 2.75) is 58.0 Å². The van der Waals surface area contributed by atoms with Gasteiger partial charge in [0.05, 0.1) is 0 Å². The molecule has 0 amide bonds. The molecule has 1 aromatic carbocycles. The first-order valence-corrected chi connectivity index (χ1v) is 7.40. The highest BCUT2D eigenvalue weighted by Gasteiger charge is 2.26. The van der Waals surface area contributed by atoms with E-state index >= 15 is 0 Å². The summed E-state index contributed by atoms with van der Waals surface area (Å²) in [5.74, 6) is 1.05. The van der Waals surface area contributed by atoms with Gasteiger partial charge >= 0.3 is 0 Å². The zero-order chi connectivity index (χ0) is 13.3. The second-order valence-corrected chi connectivity index (χ2v) is 6.11. The van der Waals surface area contributed by atoms with Crippen molar-refractivity contribution in [1.29, 1.82) is 0 Å². The van der Waals surface area contributed by atoms with Gasteiger partial charge < -0.3 is 9.73 Å². The van der Waals surface area contributed by atoms with E-state index < -0.39 is 0 Å². The molecule has 0 saturated heterocycles. The SMILES string of the molecule is Cc1oc2ccccc2c1CNC1(C)CCCCC1. The number of benzene rings is 1. The Bertz CT molecular complexity index is 564. The van der Waals surface area contributed by atoms with Gasteiger partial charge in [0.1, 0.15) is 11.3 Å². The number of furan rings is 1. The van der Waals surface area contributed by atoms with Crippen molar-refractivity contribution in [3.05, 3.63) is 35.6 Å². The van der Waals surface area contributed by atoms with Gasteiger partial charge in [0.25, 0.3) is 0 Å². The Morgan fingerprint density at radius 3 is 2.68 bits per heavy atom. The van der Waals surface area contributed by atoms with E-state index in [1.165, 1.54) is 43.1 Å². The lowest BCUT2D eigenvalue weighted by Crippen LogP contribution is -2.43. The summed E-state index contributed by atoms with van der Waals surface area (Å²) in [4.78, 5) is 0. The molecule has 0 radical (unpaired) electrons. The molecule has 102 valence electrons. The summed E-state index contributed by atoms with van der Waals surface area (Å²) in [5.41, 5.74) is 2.64. The summed E-state index contributed by atoms with van der Waals surface area (Å²) < 4.78 is 5.83. The minimum Gasteiger partial charge on any atom is -0.461 e. The van der Waals surface area contributed by atoms with E-state index in [1.807, 2.05) is 12.1 Å². The molecule has 19 heavy (non-hydrogen) atoms. The molecule has 1 N–H and O–H groups in total. The molecule has 2 nitrogen and oxygen atoms in total. The standard InChI is InChI=1S/C17H23NO/c1-13-15(14-8-4-5-9-16(14)19-13)12-18-17(2)10-6-3-7-11-17/h4-5,8-9,18H,3,6-7,10-12H2,1-2H3. The highest BCUT2D eigenvalue weighted by molar-refractivity contribution is 5.82. The molecule has 0 atom stereocenters. The number of nitrogens with one attached hydrogen (secondary N) is 1. The van der Waals surface area contributed by atoms with E-state index in [1.54, 1.807) is 0 Å². The summed E-state index contributed by atoms with van der Waals surface area (Å²) in [6.45, 7) is 5.35. The smallest absolute Gasteiger partial charge is 0.134 e. The van der Waals surface area contributed by atoms with Crippen LogP contribution in [0.25, 0.3) is 11.0 Å². The highest BCUT2D eigenvalue weighted by atomic mass is 16.3. The minimum absolute atomic E-state index is 0.309. The van der Waals surface area contributed by atoms with Crippen molar-refractivity contribution in [2.24, 2.45) is 0 Å². The van der Waals surface area contributed by atoms with E-state index in [0.29, 0.717) is 5.54 Å². The number of fused-ring (bicyclic) bond motifs is 1. The fraction of sp³-hybridized carbons (Fsp3) is 0.529. The van der Waals surface area contributed by atoms with Crippen LogP contribution in [0.15, 0.2) is 28.7 Å². The largest absolute Gasteiger partial charge is 0.461 e. The lowest BCUT2D eigenvalue weighted by Gasteiger charge is -2.34. The van der Waals surface area contributed by atoms with Gasteiger partial charge in [-0.05, 0) is 32.8 Å². The Kier molecular flexibility index (Phi) is 3.36. The summed E-state index contributed by atoms with van der Waals surface area (Å²) in [6.07, 6.45) is 6.69. The first kappa shape index (κ1) is 12.7. The van der Waals surface area contributed by atoms with Gasteiger partial charge in [-0.1, -0.05) is 37.5 Å². The zero-order valence-corrected chi connectivity index (χ0v) is 12.0. The van der Waals surface area contributed by atoms with Gasteiger partial charge in [-0.2, -0.15) is 0 Å². The lowest BCUT2D eigenvalue weighted by molar-refractivity contribution is 0.252. The Hall–Kier alpha value is -1.28. The van der Waals surface area contributed by atoms with Gasteiger partial charge in [0.15, 0.2) is 0 Å². The fourth-order valence-corrected chi connectivity index (χ4v) is 3.25. The first-order valence-electron chi connectivity index (χ1n) is 7.40. The van der Waals surface area contributed by atoms with E-state index in [4.69, 9.17) is 4.42 Å². The van der Waals surface area contributed by atoms with Crippen LogP contribution in [0.5, 0.6) is 0 Å². The average Bonchev–Trinajstić information content (AvgIpc) is 2.73. The second kappa shape index (κ2) is 5.01. The van der Waals surface area contributed by atoms with Crippen LogP contribution in [-0.2, 0) is 6.54 Å². The number of hydrogen-bond acceptors (Lipinski definition) is 2. The predicted octanol–water partition coefficient (Wildman–Crippen LogP) is 4.55. The number of rotatable bonds is 3. The number of para-hydroxylation sites is 1.